The molecule has 0 amide bonds. The van der Waals surface area contributed by atoms with Crippen LogP contribution in [0.15, 0.2) is 188 Å². The van der Waals surface area contributed by atoms with Gasteiger partial charge in [0.15, 0.2) is 0 Å². The van der Waals surface area contributed by atoms with Crippen molar-refractivity contribution in [1.82, 2.24) is 13.7 Å². The summed E-state index contributed by atoms with van der Waals surface area (Å²) in [4.78, 5) is 0. The molecule has 0 bridgehead atoms. The van der Waals surface area contributed by atoms with Gasteiger partial charge in [0.2, 0.25) is 0 Å². The van der Waals surface area contributed by atoms with E-state index < -0.39 is 0 Å². The Balaban J connectivity index is 1.34. The lowest BCUT2D eigenvalue weighted by atomic mass is 9.95. The fourth-order valence-corrected chi connectivity index (χ4v) is 8.51. The van der Waals surface area contributed by atoms with Crippen molar-refractivity contribution in [1.29, 1.82) is 0 Å². The van der Waals surface area contributed by atoms with E-state index in [1.165, 1.54) is 82.2 Å². The van der Waals surface area contributed by atoms with Gasteiger partial charge in [-0.15, -0.1) is 0 Å². The van der Waals surface area contributed by atoms with Crippen molar-refractivity contribution in [3.8, 4) is 28.2 Å². The molecule has 8 aromatic carbocycles. The van der Waals surface area contributed by atoms with Crippen LogP contribution in [-0.2, 0) is 0 Å². The van der Waals surface area contributed by atoms with Crippen LogP contribution in [0.5, 0.6) is 0 Å². The Morgan fingerprint density at radius 2 is 0.706 bits per heavy atom. The van der Waals surface area contributed by atoms with Crippen molar-refractivity contribution < 1.29 is 0 Å². The predicted octanol–water partition coefficient (Wildman–Crippen LogP) is 12.6. The van der Waals surface area contributed by atoms with Crippen molar-refractivity contribution in [2.45, 2.75) is 0 Å². The molecular formula is C48H31N3. The molecule has 0 radical (unpaired) electrons. The molecule has 0 aliphatic carbocycles. The van der Waals surface area contributed by atoms with Gasteiger partial charge in [-0.05, 0) is 83.9 Å². The standard InChI is InChI=1S/C48H31N3/c1-4-16-33(17-5-1)49-42-25-13-10-22-36(42)40-30-32(28-29-45(40)49)39-31-41-37-23-11-14-26-43(37)50(34-18-6-2-7-19-34)47(41)48-46(39)38-24-12-15-27-44(38)51(48)35-20-8-3-9-21-35/h1-31H. The van der Waals surface area contributed by atoms with Crippen LogP contribution in [0.2, 0.25) is 0 Å². The molecule has 0 unspecified atom stereocenters. The molecule has 0 spiro atoms. The summed E-state index contributed by atoms with van der Waals surface area (Å²) in [6.45, 7) is 0. The molecule has 0 fully saturated rings. The Hall–Kier alpha value is -6.84. The third-order valence-electron chi connectivity index (χ3n) is 10.6. The van der Waals surface area contributed by atoms with Crippen molar-refractivity contribution in [3.05, 3.63) is 188 Å². The van der Waals surface area contributed by atoms with Crippen molar-refractivity contribution in [2.24, 2.45) is 0 Å². The van der Waals surface area contributed by atoms with Gasteiger partial charge in [0.05, 0.1) is 33.1 Å². The van der Waals surface area contributed by atoms with Crippen LogP contribution in [0.4, 0.5) is 0 Å². The number of hydrogen-bond acceptors (Lipinski definition) is 0. The molecule has 0 N–H and O–H groups in total. The van der Waals surface area contributed by atoms with Gasteiger partial charge in [0, 0.05) is 49.4 Å². The smallest absolute Gasteiger partial charge is 0.0795 e. The second-order valence-electron chi connectivity index (χ2n) is 13.3. The summed E-state index contributed by atoms with van der Waals surface area (Å²) in [5.41, 5.74) is 13.1. The number of benzene rings is 8. The van der Waals surface area contributed by atoms with Crippen LogP contribution in [0.3, 0.4) is 0 Å². The zero-order chi connectivity index (χ0) is 33.5. The largest absolute Gasteiger partial charge is 0.309 e. The van der Waals surface area contributed by atoms with Crippen LogP contribution in [0, 0.1) is 0 Å². The maximum atomic E-state index is 2.48. The van der Waals surface area contributed by atoms with Crippen LogP contribution in [-0.4, -0.2) is 13.7 Å². The molecule has 238 valence electrons. The summed E-state index contributed by atoms with van der Waals surface area (Å²) in [7, 11) is 0. The van der Waals surface area contributed by atoms with Crippen LogP contribution in [0.25, 0.3) is 93.6 Å². The summed E-state index contributed by atoms with van der Waals surface area (Å²) in [6.07, 6.45) is 0. The minimum absolute atomic E-state index is 1.15. The Kier molecular flexibility index (Phi) is 5.96. The lowest BCUT2D eigenvalue weighted by molar-refractivity contribution is 1.15. The van der Waals surface area contributed by atoms with E-state index in [1.54, 1.807) is 0 Å². The van der Waals surface area contributed by atoms with Gasteiger partial charge in [0.25, 0.3) is 0 Å². The topological polar surface area (TPSA) is 14.8 Å². The molecule has 3 heteroatoms. The van der Waals surface area contributed by atoms with Crippen molar-refractivity contribution in [3.63, 3.8) is 0 Å². The molecular weight excluding hydrogens is 619 g/mol. The second kappa shape index (κ2) is 10.8. The van der Waals surface area contributed by atoms with Crippen molar-refractivity contribution >= 4 is 65.4 Å². The summed E-state index contributed by atoms with van der Waals surface area (Å²) in [5.74, 6) is 0. The first kappa shape index (κ1) is 28.0. The fourth-order valence-electron chi connectivity index (χ4n) is 8.51. The number of para-hydroxylation sites is 6. The molecule has 11 aromatic rings. The Morgan fingerprint density at radius 1 is 0.275 bits per heavy atom. The summed E-state index contributed by atoms with van der Waals surface area (Å²) in [5, 5.41) is 7.48. The maximum Gasteiger partial charge on any atom is 0.0795 e. The number of nitrogens with zero attached hydrogens (tertiary/aromatic N) is 3. The monoisotopic (exact) mass is 649 g/mol. The molecule has 0 saturated heterocycles. The van der Waals surface area contributed by atoms with Gasteiger partial charge < -0.3 is 13.7 Å². The second-order valence-corrected chi connectivity index (χ2v) is 13.3. The summed E-state index contributed by atoms with van der Waals surface area (Å²) >= 11 is 0. The normalized spacial score (nSPS) is 11.9. The van der Waals surface area contributed by atoms with Gasteiger partial charge in [-0.1, -0.05) is 115 Å². The molecule has 0 atom stereocenters. The zero-order valence-corrected chi connectivity index (χ0v) is 27.7. The Labute approximate surface area is 294 Å². The van der Waals surface area contributed by atoms with E-state index in [0.29, 0.717) is 0 Å². The average Bonchev–Trinajstić information content (AvgIpc) is 3.84. The van der Waals surface area contributed by atoms with Crippen LogP contribution in [0.1, 0.15) is 0 Å². The molecule has 3 nitrogen and oxygen atoms in total. The van der Waals surface area contributed by atoms with Crippen molar-refractivity contribution in [2.75, 3.05) is 0 Å². The van der Waals surface area contributed by atoms with E-state index in [4.69, 9.17) is 0 Å². The molecule has 3 aromatic heterocycles. The third-order valence-corrected chi connectivity index (χ3v) is 10.6. The molecule has 51 heavy (non-hydrogen) atoms. The van der Waals surface area contributed by atoms with E-state index in [1.807, 2.05) is 0 Å². The summed E-state index contributed by atoms with van der Waals surface area (Å²) < 4.78 is 7.34. The number of aromatic nitrogens is 3. The maximum absolute atomic E-state index is 2.48. The Morgan fingerprint density at radius 3 is 1.31 bits per heavy atom. The van der Waals surface area contributed by atoms with Crippen LogP contribution >= 0.6 is 0 Å². The SMILES string of the molecule is c1ccc(-n2c3ccccc3c3cc(-c4cc5c6ccccc6n(-c6ccccc6)c5c5c4c4ccccc4n5-c4ccccc4)ccc32)cc1. The highest BCUT2D eigenvalue weighted by atomic mass is 15.0. The zero-order valence-electron chi connectivity index (χ0n) is 27.7. The van der Waals surface area contributed by atoms with Gasteiger partial charge in [0.1, 0.15) is 0 Å². The Bertz CT molecular complexity index is 3110. The van der Waals surface area contributed by atoms with Crippen LogP contribution < -0.4 is 0 Å². The third kappa shape index (κ3) is 4.00. The van der Waals surface area contributed by atoms with E-state index in [0.717, 1.165) is 11.4 Å². The lowest BCUT2D eigenvalue weighted by Gasteiger charge is -2.14. The van der Waals surface area contributed by atoms with E-state index >= 15 is 0 Å². The minimum atomic E-state index is 1.15. The first-order chi connectivity index (χ1) is 25.3. The molecule has 0 aliphatic heterocycles. The molecule has 0 saturated carbocycles. The first-order valence-corrected chi connectivity index (χ1v) is 17.5. The van der Waals surface area contributed by atoms with E-state index in [2.05, 4.69) is 202 Å². The molecule has 11 rings (SSSR count). The van der Waals surface area contributed by atoms with Gasteiger partial charge in [-0.2, -0.15) is 0 Å². The predicted molar refractivity (Wildman–Crippen MR) is 215 cm³/mol. The van der Waals surface area contributed by atoms with E-state index in [-0.39, 0.29) is 0 Å². The first-order valence-electron chi connectivity index (χ1n) is 17.5. The van der Waals surface area contributed by atoms with Gasteiger partial charge in [-0.3, -0.25) is 0 Å². The highest BCUT2D eigenvalue weighted by Crippen LogP contribution is 2.47. The average molecular weight is 650 g/mol. The molecule has 3 heterocycles. The van der Waals surface area contributed by atoms with Gasteiger partial charge in [-0.25, -0.2) is 0 Å². The van der Waals surface area contributed by atoms with E-state index in [9.17, 15) is 0 Å². The number of rotatable bonds is 4. The highest BCUT2D eigenvalue weighted by Gasteiger charge is 2.25. The fraction of sp³-hybridized carbons (Fsp3) is 0. The minimum Gasteiger partial charge on any atom is -0.309 e. The number of hydrogen-bond donors (Lipinski definition) is 0. The lowest BCUT2D eigenvalue weighted by Crippen LogP contribution is -1.99. The number of fused-ring (bicyclic) bond motifs is 10. The van der Waals surface area contributed by atoms with Gasteiger partial charge >= 0.3 is 0 Å². The summed E-state index contributed by atoms with van der Waals surface area (Å²) in [6, 6.07) is 68.4. The highest BCUT2D eigenvalue weighted by molar-refractivity contribution is 6.28. The quantitative estimate of drug-likeness (QED) is 0.180. The molecule has 0 aliphatic rings.